The highest BCUT2D eigenvalue weighted by Crippen LogP contribution is 2.23. The minimum absolute atomic E-state index is 0.174. The Hall–Kier alpha value is -3.22. The van der Waals surface area contributed by atoms with Crippen LogP contribution < -0.4 is 5.32 Å². The summed E-state index contributed by atoms with van der Waals surface area (Å²) in [7, 11) is 0. The second kappa shape index (κ2) is 8.44. The number of carbonyl (C=O) groups excluding carboxylic acids is 1. The van der Waals surface area contributed by atoms with Crippen LogP contribution in [0, 0.1) is 6.92 Å². The third-order valence-electron chi connectivity index (χ3n) is 4.25. The Balaban J connectivity index is 1.64. The van der Waals surface area contributed by atoms with Gasteiger partial charge in [0.05, 0.1) is 12.5 Å². The normalized spacial score (nSPS) is 12.0. The van der Waals surface area contributed by atoms with Crippen LogP contribution in [0.25, 0.3) is 10.8 Å². The number of rotatable bonds is 8. The maximum absolute atomic E-state index is 12.3. The first-order chi connectivity index (χ1) is 13.0. The smallest absolute Gasteiger partial charge is 0.305 e. The van der Waals surface area contributed by atoms with Crippen molar-refractivity contribution < 1.29 is 19.2 Å². The van der Waals surface area contributed by atoms with Crippen molar-refractivity contribution in [1.82, 2.24) is 15.5 Å². The lowest BCUT2D eigenvalue weighted by Crippen LogP contribution is -2.30. The summed E-state index contributed by atoms with van der Waals surface area (Å²) in [4.78, 5) is 27.6. The van der Waals surface area contributed by atoms with Crippen LogP contribution in [0.1, 0.15) is 42.6 Å². The number of aliphatic carboxylic acids is 1. The van der Waals surface area contributed by atoms with Crippen molar-refractivity contribution in [2.75, 3.05) is 0 Å². The molecule has 0 bridgehead atoms. The molecule has 7 nitrogen and oxygen atoms in total. The molecule has 0 unspecified atom stereocenters. The van der Waals surface area contributed by atoms with Crippen LogP contribution in [-0.2, 0) is 16.0 Å². The van der Waals surface area contributed by atoms with Crippen molar-refractivity contribution in [2.24, 2.45) is 0 Å². The number of aryl methyl sites for hydroxylation is 2. The van der Waals surface area contributed by atoms with Crippen LogP contribution in [-0.4, -0.2) is 27.1 Å². The zero-order chi connectivity index (χ0) is 19.2. The number of amides is 1. The van der Waals surface area contributed by atoms with Crippen LogP contribution in [0.15, 0.2) is 47.0 Å². The number of hydrogen-bond donors (Lipinski definition) is 2. The van der Waals surface area contributed by atoms with Gasteiger partial charge in [0.2, 0.25) is 11.8 Å². The number of carbonyl (C=O) groups is 2. The molecule has 1 atom stereocenters. The predicted octanol–water partition coefficient (Wildman–Crippen LogP) is 3.19. The van der Waals surface area contributed by atoms with Gasteiger partial charge in [0.15, 0.2) is 5.82 Å². The van der Waals surface area contributed by atoms with Crippen molar-refractivity contribution in [3.8, 4) is 0 Å². The van der Waals surface area contributed by atoms with E-state index < -0.39 is 12.0 Å². The zero-order valence-electron chi connectivity index (χ0n) is 15.0. The first-order valence-electron chi connectivity index (χ1n) is 8.80. The quantitative estimate of drug-likeness (QED) is 0.633. The van der Waals surface area contributed by atoms with E-state index in [0.717, 1.165) is 16.3 Å². The van der Waals surface area contributed by atoms with Crippen molar-refractivity contribution in [1.29, 1.82) is 0 Å². The second-order valence-electron chi connectivity index (χ2n) is 6.41. The third kappa shape index (κ3) is 5.13. The number of fused-ring (bicyclic) bond motifs is 1. The molecule has 2 aromatic carbocycles. The highest BCUT2D eigenvalue weighted by atomic mass is 16.5. The van der Waals surface area contributed by atoms with E-state index >= 15 is 0 Å². The lowest BCUT2D eigenvalue weighted by atomic mass is 9.99. The fourth-order valence-electron chi connectivity index (χ4n) is 2.96. The SMILES string of the molecule is Cc1noc(CCCC(=O)N[C@@H](CC(=O)O)c2ccc3ccccc3c2)n1. The van der Waals surface area contributed by atoms with Crippen molar-refractivity contribution >= 4 is 22.6 Å². The number of nitrogens with one attached hydrogen (secondary N) is 1. The molecule has 0 saturated heterocycles. The van der Waals surface area contributed by atoms with Gasteiger partial charge in [-0.05, 0) is 35.7 Å². The van der Waals surface area contributed by atoms with Crippen LogP contribution in [0.4, 0.5) is 0 Å². The van der Waals surface area contributed by atoms with E-state index in [0.29, 0.717) is 24.6 Å². The number of aromatic nitrogens is 2. The van der Waals surface area contributed by atoms with Gasteiger partial charge in [-0.25, -0.2) is 0 Å². The molecule has 0 aliphatic carbocycles. The molecule has 7 heteroatoms. The third-order valence-corrected chi connectivity index (χ3v) is 4.25. The van der Waals surface area contributed by atoms with E-state index in [1.165, 1.54) is 0 Å². The molecule has 0 fully saturated rings. The summed E-state index contributed by atoms with van der Waals surface area (Å²) in [5.74, 6) is -0.107. The highest BCUT2D eigenvalue weighted by molar-refractivity contribution is 5.84. The lowest BCUT2D eigenvalue weighted by molar-refractivity contribution is -0.137. The van der Waals surface area contributed by atoms with Gasteiger partial charge < -0.3 is 14.9 Å². The highest BCUT2D eigenvalue weighted by Gasteiger charge is 2.18. The number of nitrogens with zero attached hydrogens (tertiary/aromatic N) is 2. The molecule has 140 valence electrons. The monoisotopic (exact) mass is 367 g/mol. The maximum Gasteiger partial charge on any atom is 0.305 e. The van der Waals surface area contributed by atoms with Gasteiger partial charge in [0.25, 0.3) is 0 Å². The number of carboxylic acids is 1. The average Bonchev–Trinajstić information content (AvgIpc) is 3.05. The molecule has 3 aromatic rings. The second-order valence-corrected chi connectivity index (χ2v) is 6.41. The largest absolute Gasteiger partial charge is 0.481 e. The van der Waals surface area contributed by atoms with Gasteiger partial charge in [-0.2, -0.15) is 4.98 Å². The Morgan fingerprint density at radius 1 is 1.19 bits per heavy atom. The molecule has 0 aliphatic rings. The van der Waals surface area contributed by atoms with Gasteiger partial charge in [0.1, 0.15) is 0 Å². The molecule has 1 heterocycles. The van der Waals surface area contributed by atoms with E-state index in [2.05, 4.69) is 15.5 Å². The molecule has 0 radical (unpaired) electrons. The van der Waals surface area contributed by atoms with Gasteiger partial charge in [-0.1, -0.05) is 41.6 Å². The van der Waals surface area contributed by atoms with Crippen LogP contribution in [0.3, 0.4) is 0 Å². The van der Waals surface area contributed by atoms with E-state index in [1.54, 1.807) is 6.92 Å². The number of benzene rings is 2. The molecule has 1 aromatic heterocycles. The van der Waals surface area contributed by atoms with Gasteiger partial charge in [0, 0.05) is 12.8 Å². The van der Waals surface area contributed by atoms with E-state index in [1.807, 2.05) is 42.5 Å². The van der Waals surface area contributed by atoms with Crippen molar-refractivity contribution in [2.45, 2.75) is 38.6 Å². The summed E-state index contributed by atoms with van der Waals surface area (Å²) in [5.41, 5.74) is 0.775. The topological polar surface area (TPSA) is 105 Å². The van der Waals surface area contributed by atoms with Gasteiger partial charge >= 0.3 is 5.97 Å². The van der Waals surface area contributed by atoms with E-state index in [4.69, 9.17) is 4.52 Å². The zero-order valence-corrected chi connectivity index (χ0v) is 15.0. The Kier molecular flexibility index (Phi) is 5.80. The molecule has 27 heavy (non-hydrogen) atoms. The van der Waals surface area contributed by atoms with Crippen molar-refractivity contribution in [3.63, 3.8) is 0 Å². The molecule has 0 saturated carbocycles. The van der Waals surface area contributed by atoms with Crippen LogP contribution in [0.5, 0.6) is 0 Å². The first kappa shape index (κ1) is 18.6. The number of carboxylic acid groups (broad SMARTS) is 1. The summed E-state index contributed by atoms with van der Waals surface area (Å²) in [5, 5.41) is 17.8. The Bertz CT molecular complexity index is 951. The Morgan fingerprint density at radius 3 is 2.67 bits per heavy atom. The molecular weight excluding hydrogens is 346 g/mol. The Labute approximate surface area is 156 Å². The van der Waals surface area contributed by atoms with Gasteiger partial charge in [-0.15, -0.1) is 0 Å². The van der Waals surface area contributed by atoms with Crippen LogP contribution in [0.2, 0.25) is 0 Å². The first-order valence-corrected chi connectivity index (χ1v) is 8.80. The fourth-order valence-corrected chi connectivity index (χ4v) is 2.96. The van der Waals surface area contributed by atoms with E-state index in [-0.39, 0.29) is 18.7 Å². The summed E-state index contributed by atoms with van der Waals surface area (Å²) < 4.78 is 5.02. The Morgan fingerprint density at radius 2 is 1.96 bits per heavy atom. The van der Waals surface area contributed by atoms with E-state index in [9.17, 15) is 14.7 Å². The molecule has 0 spiro atoms. The molecule has 1 amide bonds. The average molecular weight is 367 g/mol. The summed E-state index contributed by atoms with van der Waals surface area (Å²) in [6, 6.07) is 13.0. The lowest BCUT2D eigenvalue weighted by Gasteiger charge is -2.18. The van der Waals surface area contributed by atoms with Crippen LogP contribution >= 0.6 is 0 Å². The maximum atomic E-state index is 12.3. The fraction of sp³-hybridized carbons (Fsp3) is 0.300. The predicted molar refractivity (Wildman–Crippen MR) is 99.1 cm³/mol. The molecular formula is C20H21N3O4. The summed E-state index contributed by atoms with van der Waals surface area (Å²) in [6.07, 6.45) is 1.14. The standard InChI is InChI=1S/C20H21N3O4/c1-13-21-19(27-23-13)8-4-7-18(24)22-17(12-20(25)26)16-10-9-14-5-2-3-6-15(14)11-16/h2-3,5-6,9-11,17H,4,7-8,12H2,1H3,(H,22,24)(H,25,26)/t17-/m0/s1. The minimum atomic E-state index is -0.963. The summed E-state index contributed by atoms with van der Waals surface area (Å²) in [6.45, 7) is 1.74. The van der Waals surface area contributed by atoms with Crippen molar-refractivity contribution in [3.05, 3.63) is 59.7 Å². The van der Waals surface area contributed by atoms with Gasteiger partial charge in [-0.3, -0.25) is 9.59 Å². The number of hydrogen-bond acceptors (Lipinski definition) is 5. The molecule has 2 N–H and O–H groups in total. The summed E-state index contributed by atoms with van der Waals surface area (Å²) >= 11 is 0. The molecule has 3 rings (SSSR count). The molecule has 0 aliphatic heterocycles. The minimum Gasteiger partial charge on any atom is -0.481 e.